The molecule has 1 aliphatic heterocycles. The minimum atomic E-state index is -0.389. The van der Waals surface area contributed by atoms with Gasteiger partial charge in [-0.25, -0.2) is 4.79 Å². The highest BCUT2D eigenvalue weighted by molar-refractivity contribution is 6.03. The molecule has 6 nitrogen and oxygen atoms in total. The van der Waals surface area contributed by atoms with Crippen LogP contribution in [0.4, 0.5) is 0 Å². The SMILES string of the molecule is CCOCOc1ccc(C2=CC(=O)O/C2=C\c2ccc(OCOCC)c(CC=C(C)C)c2)cc1. The molecule has 3 rings (SSSR count). The monoisotopic (exact) mass is 464 g/mol. The predicted octanol–water partition coefficient (Wildman–Crippen LogP) is 5.92. The summed E-state index contributed by atoms with van der Waals surface area (Å²) in [6.45, 7) is 9.55. The van der Waals surface area contributed by atoms with E-state index < -0.39 is 0 Å². The third-order valence-electron chi connectivity index (χ3n) is 5.03. The van der Waals surface area contributed by atoms with Crippen molar-refractivity contribution >= 4 is 17.6 Å². The molecular formula is C28H32O6. The first kappa shape index (κ1) is 25.3. The van der Waals surface area contributed by atoms with Gasteiger partial charge in [0.15, 0.2) is 13.6 Å². The van der Waals surface area contributed by atoms with Crippen molar-refractivity contribution in [2.75, 3.05) is 26.8 Å². The van der Waals surface area contributed by atoms with Gasteiger partial charge in [-0.15, -0.1) is 0 Å². The van der Waals surface area contributed by atoms with E-state index in [-0.39, 0.29) is 19.6 Å². The molecule has 0 aromatic heterocycles. The number of cyclic esters (lactones) is 1. The molecule has 0 spiro atoms. The molecule has 0 radical (unpaired) electrons. The highest BCUT2D eigenvalue weighted by Crippen LogP contribution is 2.33. The summed E-state index contributed by atoms with van der Waals surface area (Å²) in [6, 6.07) is 13.4. The van der Waals surface area contributed by atoms with Crippen LogP contribution in [0.15, 0.2) is 65.9 Å². The zero-order chi connectivity index (χ0) is 24.3. The molecule has 0 bridgehead atoms. The zero-order valence-electron chi connectivity index (χ0n) is 20.3. The molecule has 34 heavy (non-hydrogen) atoms. The van der Waals surface area contributed by atoms with Gasteiger partial charge in [0.2, 0.25) is 0 Å². The highest BCUT2D eigenvalue weighted by atomic mass is 16.7. The van der Waals surface area contributed by atoms with Crippen molar-refractivity contribution in [3.63, 3.8) is 0 Å². The van der Waals surface area contributed by atoms with Gasteiger partial charge < -0.3 is 23.7 Å². The van der Waals surface area contributed by atoms with Crippen LogP contribution >= 0.6 is 0 Å². The second-order valence-electron chi connectivity index (χ2n) is 7.87. The summed E-state index contributed by atoms with van der Waals surface area (Å²) in [7, 11) is 0. The standard InChI is InChI=1S/C28H32O6/c1-5-30-18-32-24-12-10-22(11-13-24)25-17-28(29)34-27(25)16-21-8-14-26(33-19-31-6-2)23(15-21)9-7-20(3)4/h7-8,10-17H,5-6,9,18-19H2,1-4H3/b27-16-. The van der Waals surface area contributed by atoms with Crippen molar-refractivity contribution in [3.8, 4) is 11.5 Å². The fourth-order valence-corrected chi connectivity index (χ4v) is 3.28. The maximum absolute atomic E-state index is 12.1. The van der Waals surface area contributed by atoms with Crippen molar-refractivity contribution in [2.24, 2.45) is 0 Å². The van der Waals surface area contributed by atoms with Gasteiger partial charge in [-0.2, -0.15) is 0 Å². The van der Waals surface area contributed by atoms with Crippen LogP contribution in [0.25, 0.3) is 11.6 Å². The van der Waals surface area contributed by atoms with E-state index >= 15 is 0 Å². The fraction of sp³-hybridized carbons (Fsp3) is 0.321. The van der Waals surface area contributed by atoms with Crippen molar-refractivity contribution in [1.29, 1.82) is 0 Å². The van der Waals surface area contributed by atoms with Gasteiger partial charge in [0, 0.05) is 24.9 Å². The molecule has 0 N–H and O–H groups in total. The average Bonchev–Trinajstić information content (AvgIpc) is 3.19. The van der Waals surface area contributed by atoms with Gasteiger partial charge >= 0.3 is 5.97 Å². The van der Waals surface area contributed by atoms with E-state index in [1.165, 1.54) is 11.6 Å². The second-order valence-corrected chi connectivity index (χ2v) is 7.87. The number of esters is 1. The Kier molecular flexibility index (Phi) is 9.50. The maximum Gasteiger partial charge on any atom is 0.336 e. The average molecular weight is 465 g/mol. The Morgan fingerprint density at radius 3 is 2.32 bits per heavy atom. The zero-order valence-corrected chi connectivity index (χ0v) is 20.3. The molecule has 2 aromatic carbocycles. The lowest BCUT2D eigenvalue weighted by atomic mass is 10.0. The van der Waals surface area contributed by atoms with E-state index in [1.807, 2.05) is 62.4 Å². The Bertz CT molecular complexity index is 1060. The second kappa shape index (κ2) is 12.8. The van der Waals surface area contributed by atoms with Crippen LogP contribution in [0.2, 0.25) is 0 Å². The number of benzene rings is 2. The van der Waals surface area contributed by atoms with E-state index in [0.29, 0.717) is 24.7 Å². The van der Waals surface area contributed by atoms with E-state index in [2.05, 4.69) is 19.9 Å². The third-order valence-corrected chi connectivity index (χ3v) is 5.03. The van der Waals surface area contributed by atoms with Gasteiger partial charge in [-0.1, -0.05) is 29.8 Å². The third kappa shape index (κ3) is 7.33. The molecule has 1 aliphatic rings. The number of ether oxygens (including phenoxy) is 5. The molecule has 6 heteroatoms. The molecule has 0 atom stereocenters. The van der Waals surface area contributed by atoms with Crippen molar-refractivity contribution in [1.82, 2.24) is 0 Å². The summed E-state index contributed by atoms with van der Waals surface area (Å²) in [5.74, 6) is 1.58. The number of carbonyl (C=O) groups excluding carboxylic acids is 1. The van der Waals surface area contributed by atoms with Gasteiger partial charge in [0.1, 0.15) is 17.3 Å². The molecular weight excluding hydrogens is 432 g/mol. The van der Waals surface area contributed by atoms with E-state index in [1.54, 1.807) is 0 Å². The van der Waals surface area contributed by atoms with Crippen LogP contribution in [-0.2, 0) is 25.4 Å². The quantitative estimate of drug-likeness (QED) is 0.168. The summed E-state index contributed by atoms with van der Waals surface area (Å²) in [4.78, 5) is 12.1. The Morgan fingerprint density at radius 1 is 0.941 bits per heavy atom. The summed E-state index contributed by atoms with van der Waals surface area (Å²) in [5, 5.41) is 0. The Balaban J connectivity index is 1.83. The molecule has 0 saturated heterocycles. The molecule has 0 saturated carbocycles. The van der Waals surface area contributed by atoms with Crippen LogP contribution in [-0.4, -0.2) is 32.8 Å². The van der Waals surface area contributed by atoms with E-state index in [0.717, 1.165) is 34.4 Å². The number of hydrogen-bond donors (Lipinski definition) is 0. The first-order valence-corrected chi connectivity index (χ1v) is 11.4. The van der Waals surface area contributed by atoms with Crippen molar-refractivity contribution in [2.45, 2.75) is 34.1 Å². The van der Waals surface area contributed by atoms with Crippen LogP contribution in [0.3, 0.4) is 0 Å². The van der Waals surface area contributed by atoms with Crippen molar-refractivity contribution in [3.05, 3.63) is 82.6 Å². The topological polar surface area (TPSA) is 63.2 Å². The molecule has 0 aliphatic carbocycles. The Morgan fingerprint density at radius 2 is 1.65 bits per heavy atom. The number of carbonyl (C=O) groups is 1. The number of hydrogen-bond acceptors (Lipinski definition) is 6. The van der Waals surface area contributed by atoms with Gasteiger partial charge in [0.05, 0.1) is 0 Å². The highest BCUT2D eigenvalue weighted by Gasteiger charge is 2.22. The predicted molar refractivity (Wildman–Crippen MR) is 132 cm³/mol. The Hall–Kier alpha value is -3.35. The maximum atomic E-state index is 12.1. The molecule has 0 amide bonds. The van der Waals surface area contributed by atoms with Crippen LogP contribution < -0.4 is 9.47 Å². The van der Waals surface area contributed by atoms with Crippen LogP contribution in [0, 0.1) is 0 Å². The summed E-state index contributed by atoms with van der Waals surface area (Å²) < 4.78 is 27.4. The normalized spacial score (nSPS) is 14.1. The van der Waals surface area contributed by atoms with E-state index in [9.17, 15) is 4.79 Å². The summed E-state index contributed by atoms with van der Waals surface area (Å²) >= 11 is 0. The van der Waals surface area contributed by atoms with Crippen LogP contribution in [0.5, 0.6) is 11.5 Å². The van der Waals surface area contributed by atoms with Gasteiger partial charge in [0.25, 0.3) is 0 Å². The molecule has 180 valence electrons. The fourth-order valence-electron chi connectivity index (χ4n) is 3.28. The van der Waals surface area contributed by atoms with Gasteiger partial charge in [-0.3, -0.25) is 0 Å². The van der Waals surface area contributed by atoms with Crippen molar-refractivity contribution < 1.29 is 28.5 Å². The first-order chi connectivity index (χ1) is 16.5. The molecule has 0 fully saturated rings. The number of rotatable bonds is 12. The number of allylic oxidation sites excluding steroid dienone is 3. The molecule has 2 aromatic rings. The lowest BCUT2D eigenvalue weighted by Gasteiger charge is -2.12. The van der Waals surface area contributed by atoms with Crippen LogP contribution in [0.1, 0.15) is 44.4 Å². The lowest BCUT2D eigenvalue weighted by Crippen LogP contribution is -2.04. The smallest absolute Gasteiger partial charge is 0.336 e. The largest absolute Gasteiger partial charge is 0.468 e. The first-order valence-electron chi connectivity index (χ1n) is 11.4. The lowest BCUT2D eigenvalue weighted by molar-refractivity contribution is -0.132. The van der Waals surface area contributed by atoms with Gasteiger partial charge in [-0.05, 0) is 81.1 Å². The minimum Gasteiger partial charge on any atom is -0.468 e. The summed E-state index contributed by atoms with van der Waals surface area (Å²) in [5.41, 5.74) is 4.75. The Labute approximate surface area is 201 Å². The van der Waals surface area contributed by atoms with E-state index in [4.69, 9.17) is 23.7 Å². The summed E-state index contributed by atoms with van der Waals surface area (Å²) in [6.07, 6.45) is 6.25. The molecule has 0 unspecified atom stereocenters. The minimum absolute atomic E-state index is 0.199. The molecule has 1 heterocycles.